The first kappa shape index (κ1) is 7.63. The van der Waals surface area contributed by atoms with Gasteiger partial charge >= 0.3 is 0 Å². The summed E-state index contributed by atoms with van der Waals surface area (Å²) in [6.45, 7) is 0. The Hall–Kier alpha value is -0.0100. The molecule has 2 aliphatic carbocycles. The van der Waals surface area contributed by atoms with Gasteiger partial charge in [-0.3, -0.25) is 4.79 Å². The van der Waals surface area contributed by atoms with E-state index in [0.29, 0.717) is 0 Å². The van der Waals surface area contributed by atoms with Gasteiger partial charge in [0.15, 0.2) is 5.78 Å². The average Bonchev–Trinajstić information content (AvgIpc) is 2.44. The van der Waals surface area contributed by atoms with Gasteiger partial charge in [-0.25, -0.2) is 0 Å². The Morgan fingerprint density at radius 3 is 2.09 bits per heavy atom. The van der Waals surface area contributed by atoms with E-state index < -0.39 is 0 Å². The maximum absolute atomic E-state index is 11.3. The molecule has 0 amide bonds. The fraction of sp³-hybridized carbons (Fsp3) is 0.625. The first-order valence-corrected chi connectivity index (χ1v) is 4.57. The number of fused-ring (bicyclic) bond motifs is 2. The summed E-state index contributed by atoms with van der Waals surface area (Å²) in [5, 5.41) is -0.764. The molecule has 4 atom stereocenters. The fourth-order valence-corrected chi connectivity index (χ4v) is 2.47. The Morgan fingerprint density at radius 2 is 1.64 bits per heavy atom. The normalized spacial score (nSPS) is 48.4. The lowest BCUT2D eigenvalue weighted by atomic mass is 9.86. The fourth-order valence-electron chi connectivity index (χ4n) is 1.76. The molecule has 0 aromatic heterocycles. The van der Waals surface area contributed by atoms with Crippen LogP contribution < -0.4 is 0 Å². The van der Waals surface area contributed by atoms with E-state index in [1.807, 2.05) is 12.2 Å². The molecule has 60 valence electrons. The molecule has 0 unspecified atom stereocenters. The topological polar surface area (TPSA) is 17.1 Å². The van der Waals surface area contributed by atoms with Crippen molar-refractivity contribution < 1.29 is 4.79 Å². The minimum atomic E-state index is -0.382. The molecule has 0 spiro atoms. The van der Waals surface area contributed by atoms with Gasteiger partial charge in [0.05, 0.1) is 10.8 Å². The molecular weight excluding hydrogens is 183 g/mol. The van der Waals surface area contributed by atoms with Crippen LogP contribution in [0.15, 0.2) is 12.2 Å². The summed E-state index contributed by atoms with van der Waals surface area (Å²) in [6, 6.07) is 0. The van der Waals surface area contributed by atoms with Gasteiger partial charge in [0, 0.05) is 11.8 Å². The van der Waals surface area contributed by atoms with Crippen molar-refractivity contribution in [3.63, 3.8) is 0 Å². The van der Waals surface area contributed by atoms with Crippen LogP contribution in [0.3, 0.4) is 0 Å². The predicted molar refractivity (Wildman–Crippen MR) is 45.0 cm³/mol. The zero-order valence-corrected chi connectivity index (χ0v) is 7.35. The van der Waals surface area contributed by atoms with E-state index in [9.17, 15) is 4.79 Å². The number of hydrogen-bond donors (Lipinski definition) is 0. The minimum Gasteiger partial charge on any atom is -0.296 e. The third kappa shape index (κ3) is 1.02. The molecule has 0 aliphatic heterocycles. The van der Waals surface area contributed by atoms with Crippen LogP contribution in [0.4, 0.5) is 0 Å². The van der Waals surface area contributed by atoms with Crippen molar-refractivity contribution in [3.05, 3.63) is 12.2 Å². The molecule has 2 rings (SSSR count). The van der Waals surface area contributed by atoms with Crippen molar-refractivity contribution in [3.8, 4) is 0 Å². The second-order valence-corrected chi connectivity index (χ2v) is 4.09. The van der Waals surface area contributed by atoms with Crippen molar-refractivity contribution in [1.82, 2.24) is 0 Å². The van der Waals surface area contributed by atoms with Gasteiger partial charge in [-0.2, -0.15) is 0 Å². The number of ketones is 1. The molecule has 2 bridgehead atoms. The van der Waals surface area contributed by atoms with Gasteiger partial charge in [-0.05, 0) is 6.42 Å². The van der Waals surface area contributed by atoms with E-state index in [-0.39, 0.29) is 28.4 Å². The SMILES string of the molecule is O=C1[C@@H](Cl)[C@@H]2C=C[C@@H](C2)[C@@H]1Cl. The van der Waals surface area contributed by atoms with Crippen molar-refractivity contribution in [2.45, 2.75) is 17.2 Å². The number of hydrogen-bond acceptors (Lipinski definition) is 1. The number of carbonyl (C=O) groups is 1. The van der Waals surface area contributed by atoms with Crippen molar-refractivity contribution in [1.29, 1.82) is 0 Å². The monoisotopic (exact) mass is 190 g/mol. The zero-order chi connectivity index (χ0) is 8.01. The summed E-state index contributed by atoms with van der Waals surface area (Å²) in [6.07, 6.45) is 4.99. The number of Topliss-reactive ketones (excluding diaryl/α,β-unsaturated/α-hetero) is 1. The van der Waals surface area contributed by atoms with Crippen molar-refractivity contribution in [2.75, 3.05) is 0 Å². The van der Waals surface area contributed by atoms with Crippen LogP contribution in [0.5, 0.6) is 0 Å². The summed E-state index contributed by atoms with van der Waals surface area (Å²) in [4.78, 5) is 11.3. The van der Waals surface area contributed by atoms with Gasteiger partial charge in [0.2, 0.25) is 0 Å². The maximum Gasteiger partial charge on any atom is 0.169 e. The summed E-state index contributed by atoms with van der Waals surface area (Å²) >= 11 is 11.7. The van der Waals surface area contributed by atoms with Gasteiger partial charge in [-0.15, -0.1) is 23.2 Å². The Kier molecular flexibility index (Phi) is 1.73. The van der Waals surface area contributed by atoms with E-state index in [0.717, 1.165) is 6.42 Å². The molecule has 1 fully saturated rings. The molecular formula is C8H8Cl2O. The highest BCUT2D eigenvalue weighted by Gasteiger charge is 2.42. The lowest BCUT2D eigenvalue weighted by Crippen LogP contribution is -2.38. The van der Waals surface area contributed by atoms with Crippen LogP contribution in [0.2, 0.25) is 0 Å². The lowest BCUT2D eigenvalue weighted by molar-refractivity contribution is -0.120. The molecule has 3 heteroatoms. The number of carbonyl (C=O) groups excluding carboxylic acids is 1. The van der Waals surface area contributed by atoms with Crippen LogP contribution in [0, 0.1) is 11.8 Å². The lowest BCUT2D eigenvalue weighted by Gasteiger charge is -2.26. The number of alkyl halides is 2. The maximum atomic E-state index is 11.3. The van der Waals surface area contributed by atoms with Crippen molar-refractivity contribution >= 4 is 29.0 Å². The molecule has 2 aliphatic rings. The van der Waals surface area contributed by atoms with Gasteiger partial charge in [0.25, 0.3) is 0 Å². The molecule has 0 heterocycles. The van der Waals surface area contributed by atoms with E-state index in [1.54, 1.807) is 0 Å². The third-order valence-electron chi connectivity index (χ3n) is 2.45. The van der Waals surface area contributed by atoms with Gasteiger partial charge < -0.3 is 0 Å². The smallest absolute Gasteiger partial charge is 0.169 e. The molecule has 0 radical (unpaired) electrons. The van der Waals surface area contributed by atoms with Crippen LogP contribution in [0.1, 0.15) is 6.42 Å². The summed E-state index contributed by atoms with van der Waals surface area (Å²) in [5.74, 6) is 0.480. The summed E-state index contributed by atoms with van der Waals surface area (Å²) in [7, 11) is 0. The first-order valence-electron chi connectivity index (χ1n) is 3.70. The van der Waals surface area contributed by atoms with Crippen LogP contribution in [-0.2, 0) is 4.79 Å². The third-order valence-corrected chi connectivity index (χ3v) is 3.52. The Balaban J connectivity index is 2.29. The second-order valence-electron chi connectivity index (χ2n) is 3.15. The van der Waals surface area contributed by atoms with E-state index in [1.165, 1.54) is 0 Å². The Labute approximate surface area is 75.4 Å². The number of rotatable bonds is 0. The highest BCUT2D eigenvalue weighted by Crippen LogP contribution is 2.39. The number of halogens is 2. The van der Waals surface area contributed by atoms with E-state index in [4.69, 9.17) is 23.2 Å². The highest BCUT2D eigenvalue weighted by molar-refractivity contribution is 6.41. The second kappa shape index (κ2) is 2.49. The van der Waals surface area contributed by atoms with Crippen molar-refractivity contribution in [2.24, 2.45) is 11.8 Å². The Morgan fingerprint density at radius 1 is 1.18 bits per heavy atom. The van der Waals surface area contributed by atoms with Crippen LogP contribution in [0.25, 0.3) is 0 Å². The quantitative estimate of drug-likeness (QED) is 0.422. The zero-order valence-electron chi connectivity index (χ0n) is 5.84. The van der Waals surface area contributed by atoms with Gasteiger partial charge in [0.1, 0.15) is 0 Å². The Bertz CT molecular complexity index is 204. The molecule has 1 nitrogen and oxygen atoms in total. The van der Waals surface area contributed by atoms with Crippen LogP contribution >= 0.6 is 23.2 Å². The summed E-state index contributed by atoms with van der Waals surface area (Å²) < 4.78 is 0. The van der Waals surface area contributed by atoms with E-state index in [2.05, 4.69) is 0 Å². The van der Waals surface area contributed by atoms with Gasteiger partial charge in [-0.1, -0.05) is 12.2 Å². The standard InChI is InChI=1S/C8H8Cl2O/c9-6-4-1-2-5(3-4)7(10)8(6)11/h1-2,4-7H,3H2/t4-,5+,6-,7-/m0/s1. The predicted octanol–water partition coefficient (Wildman–Crippen LogP) is 1.98. The molecule has 0 aromatic carbocycles. The highest BCUT2D eigenvalue weighted by atomic mass is 35.5. The van der Waals surface area contributed by atoms with E-state index >= 15 is 0 Å². The number of allylic oxidation sites excluding steroid dienone is 2. The summed E-state index contributed by atoms with van der Waals surface area (Å²) in [5.41, 5.74) is 0. The molecule has 1 saturated carbocycles. The van der Waals surface area contributed by atoms with Crippen LogP contribution in [-0.4, -0.2) is 16.5 Å². The largest absolute Gasteiger partial charge is 0.296 e. The average molecular weight is 191 g/mol. The molecule has 0 saturated heterocycles. The molecule has 0 N–H and O–H groups in total. The molecule has 0 aromatic rings. The minimum absolute atomic E-state index is 0.000386. The molecule has 11 heavy (non-hydrogen) atoms. The first-order chi connectivity index (χ1) is 5.20.